The molecule has 0 atom stereocenters. The maximum absolute atomic E-state index is 12.8. The van der Waals surface area contributed by atoms with Crippen molar-refractivity contribution < 1.29 is 9.59 Å². The van der Waals surface area contributed by atoms with Crippen molar-refractivity contribution in [3.05, 3.63) is 69.7 Å². The molecule has 0 aliphatic heterocycles. The third-order valence-electron chi connectivity index (χ3n) is 6.05. The van der Waals surface area contributed by atoms with Crippen molar-refractivity contribution in [1.29, 1.82) is 0 Å². The quantitative estimate of drug-likeness (QED) is 0.703. The van der Waals surface area contributed by atoms with Crippen LogP contribution >= 0.6 is 11.6 Å². The minimum absolute atomic E-state index is 0.0433. The molecule has 0 heterocycles. The summed E-state index contributed by atoms with van der Waals surface area (Å²) in [6.45, 7) is 0.761. The van der Waals surface area contributed by atoms with E-state index in [-0.39, 0.29) is 24.3 Å². The van der Waals surface area contributed by atoms with E-state index in [2.05, 4.69) is 17.4 Å². The van der Waals surface area contributed by atoms with Crippen molar-refractivity contribution in [2.45, 2.75) is 50.6 Å². The number of carbonyl (C=O) groups excluding carboxylic acids is 2. The Balaban J connectivity index is 1.66. The van der Waals surface area contributed by atoms with Gasteiger partial charge in [0.15, 0.2) is 0 Å². The number of primary amides is 1. The number of carbonyl (C=O) groups is 2. The van der Waals surface area contributed by atoms with Crippen molar-refractivity contribution in [2.24, 2.45) is 5.73 Å². The van der Waals surface area contributed by atoms with E-state index in [0.717, 1.165) is 37.8 Å². The van der Waals surface area contributed by atoms with E-state index in [9.17, 15) is 9.59 Å². The van der Waals surface area contributed by atoms with Crippen LogP contribution in [0, 0.1) is 0 Å². The van der Waals surface area contributed by atoms with E-state index in [1.165, 1.54) is 11.1 Å². The highest BCUT2D eigenvalue weighted by molar-refractivity contribution is 6.30. The fourth-order valence-electron chi connectivity index (χ4n) is 4.45. The summed E-state index contributed by atoms with van der Waals surface area (Å²) in [6.07, 6.45) is 4.29. The van der Waals surface area contributed by atoms with Crippen LogP contribution in [0.4, 0.5) is 0 Å². The van der Waals surface area contributed by atoms with E-state index in [1.54, 1.807) is 24.3 Å². The first-order valence-corrected chi connectivity index (χ1v) is 10.8. The van der Waals surface area contributed by atoms with Gasteiger partial charge >= 0.3 is 0 Å². The number of hydrogen-bond donors (Lipinski definition) is 2. The van der Waals surface area contributed by atoms with Gasteiger partial charge in [0, 0.05) is 30.2 Å². The van der Waals surface area contributed by atoms with E-state index in [1.807, 2.05) is 25.1 Å². The summed E-state index contributed by atoms with van der Waals surface area (Å²) in [4.78, 5) is 26.0. The normalized spacial score (nSPS) is 18.8. The molecule has 0 bridgehead atoms. The number of nitrogens with two attached hydrogens (primary N) is 1. The van der Waals surface area contributed by atoms with Crippen LogP contribution in [0.5, 0.6) is 0 Å². The zero-order chi connectivity index (χ0) is 21.7. The number of nitrogens with one attached hydrogen (secondary N) is 1. The Hall–Kier alpha value is -2.37. The molecule has 0 radical (unpaired) electrons. The summed E-state index contributed by atoms with van der Waals surface area (Å²) in [5, 5.41) is 3.86. The first kappa shape index (κ1) is 22.3. The van der Waals surface area contributed by atoms with E-state index < -0.39 is 0 Å². The van der Waals surface area contributed by atoms with Gasteiger partial charge in [0.2, 0.25) is 5.91 Å². The molecule has 0 saturated heterocycles. The number of amides is 2. The second kappa shape index (κ2) is 10.1. The highest BCUT2D eigenvalue weighted by Crippen LogP contribution is 2.36. The van der Waals surface area contributed by atoms with Crippen molar-refractivity contribution >= 4 is 23.4 Å². The number of rotatable bonds is 7. The van der Waals surface area contributed by atoms with Gasteiger partial charge in [-0.2, -0.15) is 0 Å². The van der Waals surface area contributed by atoms with Crippen molar-refractivity contribution in [3.8, 4) is 0 Å². The van der Waals surface area contributed by atoms with Gasteiger partial charge in [0.05, 0.1) is 6.42 Å². The van der Waals surface area contributed by atoms with Gasteiger partial charge in [-0.15, -0.1) is 0 Å². The Bertz CT molecular complexity index is 890. The topological polar surface area (TPSA) is 75.4 Å². The lowest BCUT2D eigenvalue weighted by atomic mass is 9.79. The third-order valence-corrected chi connectivity index (χ3v) is 6.30. The summed E-state index contributed by atoms with van der Waals surface area (Å²) in [7, 11) is 3.83. The van der Waals surface area contributed by atoms with Crippen LogP contribution in [-0.2, 0) is 17.8 Å². The van der Waals surface area contributed by atoms with Crippen LogP contribution in [0.15, 0.2) is 42.5 Å². The molecule has 0 spiro atoms. The monoisotopic (exact) mass is 427 g/mol. The second-order valence-electron chi connectivity index (χ2n) is 8.13. The van der Waals surface area contributed by atoms with Gasteiger partial charge in [-0.1, -0.05) is 29.8 Å². The summed E-state index contributed by atoms with van der Waals surface area (Å²) < 4.78 is 0. The molecule has 2 amide bonds. The molecular weight excluding hydrogens is 398 g/mol. The molecule has 5 nitrogen and oxygen atoms in total. The van der Waals surface area contributed by atoms with Crippen LogP contribution in [0.2, 0.25) is 5.02 Å². The van der Waals surface area contributed by atoms with Gasteiger partial charge in [0.25, 0.3) is 5.91 Å². The Labute approximate surface area is 183 Å². The minimum Gasteiger partial charge on any atom is -0.369 e. The van der Waals surface area contributed by atoms with Crippen LogP contribution in [0.3, 0.4) is 0 Å². The largest absolute Gasteiger partial charge is 0.369 e. The predicted molar refractivity (Wildman–Crippen MR) is 121 cm³/mol. The third kappa shape index (κ3) is 5.41. The first-order chi connectivity index (χ1) is 14.4. The average molecular weight is 428 g/mol. The Morgan fingerprint density at radius 1 is 1.10 bits per heavy atom. The highest BCUT2D eigenvalue weighted by Gasteiger charge is 2.28. The van der Waals surface area contributed by atoms with Crippen molar-refractivity contribution in [3.63, 3.8) is 0 Å². The van der Waals surface area contributed by atoms with E-state index in [4.69, 9.17) is 17.3 Å². The van der Waals surface area contributed by atoms with Crippen LogP contribution < -0.4 is 11.1 Å². The predicted octanol–water partition coefficient (Wildman–Crippen LogP) is 3.89. The maximum atomic E-state index is 12.8. The van der Waals surface area contributed by atoms with Crippen LogP contribution in [0.25, 0.3) is 0 Å². The number of nitrogens with zero attached hydrogens (tertiary/aromatic N) is 1. The Morgan fingerprint density at radius 3 is 2.37 bits per heavy atom. The fourth-order valence-corrected chi connectivity index (χ4v) is 4.57. The van der Waals surface area contributed by atoms with Gasteiger partial charge in [-0.3, -0.25) is 9.59 Å². The molecular formula is C24H30ClN3O2. The zero-order valence-electron chi connectivity index (χ0n) is 17.7. The molecule has 1 aliphatic carbocycles. The van der Waals surface area contributed by atoms with Gasteiger partial charge in [-0.05, 0) is 79.6 Å². The van der Waals surface area contributed by atoms with E-state index in [0.29, 0.717) is 16.5 Å². The number of hydrogen-bond acceptors (Lipinski definition) is 3. The fraction of sp³-hybridized carbons (Fsp3) is 0.417. The second-order valence-corrected chi connectivity index (χ2v) is 8.57. The lowest BCUT2D eigenvalue weighted by Crippen LogP contribution is -2.39. The molecule has 6 heteroatoms. The molecule has 3 rings (SSSR count). The molecule has 30 heavy (non-hydrogen) atoms. The molecule has 1 aliphatic rings. The van der Waals surface area contributed by atoms with Gasteiger partial charge in [0.1, 0.15) is 0 Å². The van der Waals surface area contributed by atoms with Gasteiger partial charge < -0.3 is 16.0 Å². The molecule has 2 aromatic carbocycles. The summed E-state index contributed by atoms with van der Waals surface area (Å²) >= 11 is 5.94. The zero-order valence-corrected chi connectivity index (χ0v) is 18.4. The maximum Gasteiger partial charge on any atom is 0.253 e. The molecule has 0 aromatic heterocycles. The molecule has 1 fully saturated rings. The standard InChI is InChI=1S/C24H30ClN3O2/c1-27-15-19-13-16(14-23(26)29)3-12-22(19)17-6-10-21(11-7-17)28(2)24(30)18-4-8-20(25)9-5-18/h3-5,8-9,12-13,17,21,27H,6-7,10-11,14-15H2,1-2H3,(H2,26,29). The Morgan fingerprint density at radius 2 is 1.77 bits per heavy atom. The van der Waals surface area contributed by atoms with Crippen molar-refractivity contribution in [1.82, 2.24) is 10.2 Å². The molecule has 2 aromatic rings. The molecule has 3 N–H and O–H groups in total. The lowest BCUT2D eigenvalue weighted by molar-refractivity contribution is -0.117. The smallest absolute Gasteiger partial charge is 0.253 e. The average Bonchev–Trinajstić information content (AvgIpc) is 2.73. The lowest BCUT2D eigenvalue weighted by Gasteiger charge is -2.35. The SMILES string of the molecule is CNCc1cc(CC(N)=O)ccc1C1CCC(N(C)C(=O)c2ccc(Cl)cc2)CC1. The molecule has 160 valence electrons. The number of benzene rings is 2. The Kier molecular flexibility index (Phi) is 7.51. The summed E-state index contributed by atoms with van der Waals surface area (Å²) in [5.41, 5.74) is 9.54. The van der Waals surface area contributed by atoms with Crippen LogP contribution in [0.1, 0.15) is 58.6 Å². The number of halogens is 1. The summed E-state index contributed by atoms with van der Waals surface area (Å²) in [5.74, 6) is 0.195. The van der Waals surface area contributed by atoms with Gasteiger partial charge in [-0.25, -0.2) is 0 Å². The minimum atomic E-state index is -0.313. The molecule has 1 saturated carbocycles. The van der Waals surface area contributed by atoms with E-state index >= 15 is 0 Å². The first-order valence-electron chi connectivity index (χ1n) is 10.5. The summed E-state index contributed by atoms with van der Waals surface area (Å²) in [6, 6.07) is 13.6. The van der Waals surface area contributed by atoms with Crippen LogP contribution in [-0.4, -0.2) is 36.9 Å². The highest BCUT2D eigenvalue weighted by atomic mass is 35.5. The molecule has 0 unspecified atom stereocenters. The van der Waals surface area contributed by atoms with Crippen molar-refractivity contribution in [2.75, 3.05) is 14.1 Å².